The molecule has 1 aromatic carbocycles. The van der Waals surface area contributed by atoms with Crippen LogP contribution >= 0.6 is 27.5 Å². The van der Waals surface area contributed by atoms with Gasteiger partial charge in [0.1, 0.15) is 5.82 Å². The number of hydrogen-bond donors (Lipinski definition) is 1. The predicted octanol–water partition coefficient (Wildman–Crippen LogP) is 3.84. The molecule has 0 radical (unpaired) electrons. The van der Waals surface area contributed by atoms with Crippen molar-refractivity contribution < 1.29 is 4.79 Å². The highest BCUT2D eigenvalue weighted by atomic mass is 79.9. The highest BCUT2D eigenvalue weighted by molar-refractivity contribution is 9.10. The summed E-state index contributed by atoms with van der Waals surface area (Å²) in [6.45, 7) is 0. The molecule has 0 spiro atoms. The van der Waals surface area contributed by atoms with Crippen LogP contribution in [0.2, 0.25) is 0 Å². The number of carbonyl (C=O) groups excluding carboxylic acids is 1. The van der Waals surface area contributed by atoms with Gasteiger partial charge in [-0.1, -0.05) is 12.1 Å². The van der Waals surface area contributed by atoms with Crippen molar-refractivity contribution in [3.63, 3.8) is 0 Å². The van der Waals surface area contributed by atoms with Gasteiger partial charge in [-0.25, -0.2) is 4.98 Å². The van der Waals surface area contributed by atoms with Crippen LogP contribution in [-0.4, -0.2) is 10.9 Å². The Labute approximate surface area is 118 Å². The van der Waals surface area contributed by atoms with Crippen LogP contribution in [0.3, 0.4) is 0 Å². The molecule has 0 atom stereocenters. The topological polar surface area (TPSA) is 42.0 Å². The van der Waals surface area contributed by atoms with Crippen molar-refractivity contribution in [2.45, 2.75) is 5.88 Å². The summed E-state index contributed by atoms with van der Waals surface area (Å²) in [4.78, 5) is 16.0. The maximum atomic E-state index is 12.0. The first-order chi connectivity index (χ1) is 8.69. The minimum absolute atomic E-state index is 0.197. The number of aromatic nitrogens is 1. The van der Waals surface area contributed by atoms with E-state index in [1.165, 1.54) is 0 Å². The van der Waals surface area contributed by atoms with Crippen LogP contribution in [0.4, 0.5) is 5.82 Å². The van der Waals surface area contributed by atoms with Crippen LogP contribution in [0.1, 0.15) is 15.9 Å². The van der Waals surface area contributed by atoms with Crippen molar-refractivity contribution in [3.8, 4) is 0 Å². The number of benzene rings is 1. The van der Waals surface area contributed by atoms with Crippen LogP contribution in [0.5, 0.6) is 0 Å². The van der Waals surface area contributed by atoms with Gasteiger partial charge >= 0.3 is 0 Å². The molecule has 0 fully saturated rings. The maximum Gasteiger partial charge on any atom is 0.256 e. The van der Waals surface area contributed by atoms with Gasteiger partial charge in [0, 0.05) is 22.1 Å². The van der Waals surface area contributed by atoms with Crippen LogP contribution < -0.4 is 5.32 Å². The third kappa shape index (κ3) is 3.31. The molecule has 0 aliphatic carbocycles. The van der Waals surface area contributed by atoms with Crippen molar-refractivity contribution in [2.24, 2.45) is 0 Å². The van der Waals surface area contributed by atoms with Crippen LogP contribution in [0.15, 0.2) is 47.1 Å². The van der Waals surface area contributed by atoms with Crippen LogP contribution in [0, 0.1) is 0 Å². The molecular weight excluding hydrogens is 316 g/mol. The minimum Gasteiger partial charge on any atom is -0.307 e. The zero-order valence-corrected chi connectivity index (χ0v) is 11.7. The first kappa shape index (κ1) is 13.1. The molecule has 1 aromatic heterocycles. The van der Waals surface area contributed by atoms with Gasteiger partial charge in [0.05, 0.1) is 0 Å². The first-order valence-corrected chi connectivity index (χ1v) is 6.59. The zero-order valence-electron chi connectivity index (χ0n) is 9.36. The quantitative estimate of drug-likeness (QED) is 0.871. The number of nitrogens with one attached hydrogen (secondary N) is 1. The lowest BCUT2D eigenvalue weighted by Crippen LogP contribution is -2.12. The number of nitrogens with zero attached hydrogens (tertiary/aromatic N) is 1. The van der Waals surface area contributed by atoms with E-state index in [-0.39, 0.29) is 5.91 Å². The Bertz CT molecular complexity index is 557. The van der Waals surface area contributed by atoms with Gasteiger partial charge in [-0.15, -0.1) is 11.6 Å². The van der Waals surface area contributed by atoms with Crippen LogP contribution in [-0.2, 0) is 5.88 Å². The summed E-state index contributed by atoms with van der Waals surface area (Å²) in [7, 11) is 0. The van der Waals surface area contributed by atoms with Gasteiger partial charge in [0.15, 0.2) is 0 Å². The fourth-order valence-corrected chi connectivity index (χ4v) is 1.83. The SMILES string of the molecule is O=C(Nc1ccc(Br)cn1)c1cccc(CCl)c1. The average molecular weight is 326 g/mol. The second-order valence-electron chi connectivity index (χ2n) is 3.65. The minimum atomic E-state index is -0.197. The van der Waals surface area contributed by atoms with Crippen molar-refractivity contribution in [1.29, 1.82) is 0 Å². The molecule has 5 heteroatoms. The monoisotopic (exact) mass is 324 g/mol. The van der Waals surface area contributed by atoms with Gasteiger partial charge in [-0.2, -0.15) is 0 Å². The third-order valence-electron chi connectivity index (χ3n) is 2.31. The summed E-state index contributed by atoms with van der Waals surface area (Å²) in [5, 5.41) is 2.72. The number of pyridine rings is 1. The lowest BCUT2D eigenvalue weighted by molar-refractivity contribution is 0.102. The second-order valence-corrected chi connectivity index (χ2v) is 4.83. The van der Waals surface area contributed by atoms with E-state index in [1.54, 1.807) is 24.4 Å². The average Bonchev–Trinajstić information content (AvgIpc) is 2.41. The normalized spacial score (nSPS) is 10.1. The predicted molar refractivity (Wildman–Crippen MR) is 75.9 cm³/mol. The number of hydrogen-bond acceptors (Lipinski definition) is 2. The Hall–Kier alpha value is -1.39. The number of carbonyl (C=O) groups is 1. The summed E-state index contributed by atoms with van der Waals surface area (Å²) in [5.74, 6) is 0.703. The van der Waals surface area contributed by atoms with Crippen molar-refractivity contribution in [2.75, 3.05) is 5.32 Å². The zero-order chi connectivity index (χ0) is 13.0. The van der Waals surface area contributed by atoms with E-state index in [0.717, 1.165) is 10.0 Å². The molecule has 2 aromatic rings. The van der Waals surface area contributed by atoms with E-state index in [0.29, 0.717) is 17.3 Å². The fourth-order valence-electron chi connectivity index (χ4n) is 1.43. The molecular formula is C13H10BrClN2O. The van der Waals surface area contributed by atoms with Gasteiger partial charge < -0.3 is 5.32 Å². The Morgan fingerprint density at radius 2 is 2.17 bits per heavy atom. The van der Waals surface area contributed by atoms with Gasteiger partial charge in [-0.3, -0.25) is 4.79 Å². The second kappa shape index (κ2) is 5.98. The molecule has 2 rings (SSSR count). The molecule has 1 N–H and O–H groups in total. The Kier molecular flexibility index (Phi) is 4.33. The highest BCUT2D eigenvalue weighted by Gasteiger charge is 2.07. The van der Waals surface area contributed by atoms with E-state index in [1.807, 2.05) is 18.2 Å². The van der Waals surface area contributed by atoms with E-state index in [9.17, 15) is 4.79 Å². The molecule has 0 aliphatic heterocycles. The summed E-state index contributed by atoms with van der Waals surface area (Å²) >= 11 is 9.02. The number of amides is 1. The van der Waals surface area contributed by atoms with Gasteiger partial charge in [0.2, 0.25) is 0 Å². The highest BCUT2D eigenvalue weighted by Crippen LogP contribution is 2.13. The number of rotatable bonds is 3. The molecule has 0 bridgehead atoms. The van der Waals surface area contributed by atoms with Crippen molar-refractivity contribution in [3.05, 3.63) is 58.2 Å². The van der Waals surface area contributed by atoms with E-state index in [2.05, 4.69) is 26.2 Å². The summed E-state index contributed by atoms with van der Waals surface area (Å²) in [6, 6.07) is 10.7. The summed E-state index contributed by atoms with van der Waals surface area (Å²) in [5.41, 5.74) is 1.48. The smallest absolute Gasteiger partial charge is 0.256 e. The molecule has 0 saturated carbocycles. The molecule has 0 unspecified atom stereocenters. The molecule has 1 heterocycles. The van der Waals surface area contributed by atoms with E-state index >= 15 is 0 Å². The largest absolute Gasteiger partial charge is 0.307 e. The number of halogens is 2. The Morgan fingerprint density at radius 1 is 1.33 bits per heavy atom. The van der Waals surface area contributed by atoms with Gasteiger partial charge in [-0.05, 0) is 45.8 Å². The van der Waals surface area contributed by atoms with E-state index < -0.39 is 0 Å². The fraction of sp³-hybridized carbons (Fsp3) is 0.0769. The molecule has 3 nitrogen and oxygen atoms in total. The molecule has 1 amide bonds. The number of anilines is 1. The van der Waals surface area contributed by atoms with Crippen molar-refractivity contribution >= 4 is 39.3 Å². The van der Waals surface area contributed by atoms with Gasteiger partial charge in [0.25, 0.3) is 5.91 Å². The molecule has 18 heavy (non-hydrogen) atoms. The number of alkyl halides is 1. The Morgan fingerprint density at radius 3 is 2.83 bits per heavy atom. The van der Waals surface area contributed by atoms with Crippen LogP contribution in [0.25, 0.3) is 0 Å². The van der Waals surface area contributed by atoms with E-state index in [4.69, 9.17) is 11.6 Å². The lowest BCUT2D eigenvalue weighted by Gasteiger charge is -2.05. The maximum absolute atomic E-state index is 12.0. The molecule has 92 valence electrons. The lowest BCUT2D eigenvalue weighted by atomic mass is 10.1. The molecule has 0 saturated heterocycles. The summed E-state index contributed by atoms with van der Waals surface area (Å²) in [6.07, 6.45) is 1.63. The first-order valence-electron chi connectivity index (χ1n) is 5.27. The Balaban J connectivity index is 2.14. The summed E-state index contributed by atoms with van der Waals surface area (Å²) < 4.78 is 0.865. The standard InChI is InChI=1S/C13H10BrClN2O/c14-11-4-5-12(16-8-11)17-13(18)10-3-1-2-9(6-10)7-15/h1-6,8H,7H2,(H,16,17,18). The van der Waals surface area contributed by atoms with Crippen molar-refractivity contribution in [1.82, 2.24) is 4.98 Å². The third-order valence-corrected chi connectivity index (χ3v) is 3.09. The molecule has 0 aliphatic rings.